The van der Waals surface area contributed by atoms with Gasteiger partial charge in [-0.05, 0) is 37.8 Å². The van der Waals surface area contributed by atoms with Crippen LogP contribution in [0.5, 0.6) is 0 Å². The van der Waals surface area contributed by atoms with Crippen LogP contribution in [0.2, 0.25) is 0 Å². The summed E-state index contributed by atoms with van der Waals surface area (Å²) in [4.78, 5) is 11.4. The van der Waals surface area contributed by atoms with E-state index < -0.39 is 0 Å². The highest BCUT2D eigenvalue weighted by Gasteiger charge is 2.32. The Balaban J connectivity index is 1.36. The van der Waals surface area contributed by atoms with Crippen molar-refractivity contribution >= 4 is 5.82 Å². The van der Waals surface area contributed by atoms with Gasteiger partial charge in [-0.1, -0.05) is 6.07 Å². The maximum absolute atomic E-state index is 6.08. The summed E-state index contributed by atoms with van der Waals surface area (Å²) < 4.78 is 8.16. The van der Waals surface area contributed by atoms with E-state index in [4.69, 9.17) is 4.74 Å². The maximum Gasteiger partial charge on any atom is 0.139 e. The highest BCUT2D eigenvalue weighted by atomic mass is 16.5. The Hall–Kier alpha value is -1.92. The van der Waals surface area contributed by atoms with Crippen molar-refractivity contribution in [3.05, 3.63) is 42.6 Å². The van der Waals surface area contributed by atoms with Crippen molar-refractivity contribution in [3.63, 3.8) is 0 Å². The number of anilines is 1. The Bertz CT molecular complexity index is 665. The fraction of sp³-hybridized carbons (Fsp3) is 0.579. The van der Waals surface area contributed by atoms with E-state index in [9.17, 15) is 0 Å². The normalized spacial score (nSPS) is 25.2. The van der Waals surface area contributed by atoms with Gasteiger partial charge in [0, 0.05) is 57.4 Å². The van der Waals surface area contributed by atoms with Crippen LogP contribution in [0.4, 0.5) is 5.82 Å². The van der Waals surface area contributed by atoms with Gasteiger partial charge in [-0.2, -0.15) is 0 Å². The van der Waals surface area contributed by atoms with Crippen LogP contribution in [0.25, 0.3) is 0 Å². The van der Waals surface area contributed by atoms with Gasteiger partial charge in [-0.15, -0.1) is 0 Å². The van der Waals surface area contributed by atoms with Gasteiger partial charge in [-0.25, -0.2) is 9.97 Å². The van der Waals surface area contributed by atoms with Crippen LogP contribution in [-0.4, -0.2) is 46.3 Å². The second-order valence-electron chi connectivity index (χ2n) is 7.05. The molecule has 4 heterocycles. The summed E-state index contributed by atoms with van der Waals surface area (Å²) in [5, 5.41) is 3.87. The molecule has 2 aromatic heterocycles. The molecule has 2 atom stereocenters. The van der Waals surface area contributed by atoms with Gasteiger partial charge in [0.2, 0.25) is 0 Å². The van der Waals surface area contributed by atoms with Crippen LogP contribution in [0.1, 0.15) is 37.6 Å². The van der Waals surface area contributed by atoms with E-state index in [2.05, 4.69) is 36.9 Å². The summed E-state index contributed by atoms with van der Waals surface area (Å²) in [6.45, 7) is 2.93. The second-order valence-corrected chi connectivity index (χ2v) is 7.05. The molecule has 0 amide bonds. The van der Waals surface area contributed by atoms with Gasteiger partial charge in [0.1, 0.15) is 17.7 Å². The molecule has 0 bridgehead atoms. The van der Waals surface area contributed by atoms with Crippen LogP contribution in [0, 0.1) is 0 Å². The molecular formula is C19H27N5O. The minimum atomic E-state index is 0.0579. The number of aromatic nitrogens is 3. The lowest BCUT2D eigenvalue weighted by atomic mass is 9.97. The molecule has 2 aliphatic rings. The summed E-state index contributed by atoms with van der Waals surface area (Å²) in [6, 6.07) is 7.01. The summed E-state index contributed by atoms with van der Waals surface area (Å²) in [5.41, 5.74) is 0. The van der Waals surface area contributed by atoms with Gasteiger partial charge >= 0.3 is 0 Å². The molecule has 0 spiro atoms. The average Bonchev–Trinajstić information content (AvgIpc) is 3.09. The van der Waals surface area contributed by atoms with E-state index in [-0.39, 0.29) is 6.10 Å². The van der Waals surface area contributed by atoms with Gasteiger partial charge in [0.25, 0.3) is 0 Å². The number of hydrogen-bond donors (Lipinski definition) is 1. The zero-order valence-electron chi connectivity index (χ0n) is 14.8. The Morgan fingerprint density at radius 1 is 1.12 bits per heavy atom. The van der Waals surface area contributed by atoms with Crippen molar-refractivity contribution in [3.8, 4) is 0 Å². The molecule has 0 unspecified atom stereocenters. The number of nitrogens with one attached hydrogen (secondary N) is 1. The van der Waals surface area contributed by atoms with Crippen LogP contribution in [0.15, 0.2) is 36.8 Å². The third-order valence-corrected chi connectivity index (χ3v) is 5.35. The van der Waals surface area contributed by atoms with Crippen molar-refractivity contribution in [1.29, 1.82) is 0 Å². The number of hydrogen-bond acceptors (Lipinski definition) is 5. The lowest BCUT2D eigenvalue weighted by Gasteiger charge is -2.38. The molecule has 4 rings (SSSR count). The molecule has 6 heteroatoms. The van der Waals surface area contributed by atoms with E-state index in [1.165, 1.54) is 0 Å². The molecule has 2 saturated heterocycles. The Labute approximate surface area is 149 Å². The highest BCUT2D eigenvalue weighted by Crippen LogP contribution is 2.28. The molecule has 0 radical (unpaired) electrons. The fourth-order valence-electron chi connectivity index (χ4n) is 3.98. The van der Waals surface area contributed by atoms with Gasteiger partial charge in [-0.3, -0.25) is 0 Å². The second kappa shape index (κ2) is 7.54. The number of imidazole rings is 1. The third kappa shape index (κ3) is 3.70. The molecule has 2 aliphatic heterocycles. The predicted octanol–water partition coefficient (Wildman–Crippen LogP) is 2.29. The number of pyridine rings is 1. The van der Waals surface area contributed by atoms with Crippen LogP contribution >= 0.6 is 0 Å². The van der Waals surface area contributed by atoms with Crippen molar-refractivity contribution in [2.45, 2.75) is 43.9 Å². The zero-order chi connectivity index (χ0) is 17.1. The summed E-state index contributed by atoms with van der Waals surface area (Å²) in [7, 11) is 2.04. The molecule has 0 aliphatic carbocycles. The van der Waals surface area contributed by atoms with E-state index in [1.54, 1.807) is 0 Å². The van der Waals surface area contributed by atoms with Crippen molar-refractivity contribution in [2.75, 3.05) is 24.6 Å². The van der Waals surface area contributed by atoms with Gasteiger partial charge in [0.15, 0.2) is 0 Å². The number of aryl methyl sites for hydroxylation is 1. The minimum absolute atomic E-state index is 0.0579. The minimum Gasteiger partial charge on any atom is -0.369 e. The molecule has 0 saturated carbocycles. The van der Waals surface area contributed by atoms with E-state index in [0.717, 1.165) is 57.0 Å². The molecule has 25 heavy (non-hydrogen) atoms. The highest BCUT2D eigenvalue weighted by molar-refractivity contribution is 5.38. The van der Waals surface area contributed by atoms with Crippen molar-refractivity contribution in [2.24, 2.45) is 7.05 Å². The molecule has 134 valence electrons. The average molecular weight is 341 g/mol. The van der Waals surface area contributed by atoms with Gasteiger partial charge < -0.3 is 19.5 Å². The first kappa shape index (κ1) is 16.5. The lowest BCUT2D eigenvalue weighted by molar-refractivity contribution is -0.0211. The summed E-state index contributed by atoms with van der Waals surface area (Å²) >= 11 is 0. The summed E-state index contributed by atoms with van der Waals surface area (Å²) in [6.07, 6.45) is 10.3. The summed E-state index contributed by atoms with van der Waals surface area (Å²) in [5.74, 6) is 2.12. The molecule has 2 fully saturated rings. The van der Waals surface area contributed by atoms with Crippen molar-refractivity contribution < 1.29 is 4.74 Å². The zero-order valence-corrected chi connectivity index (χ0v) is 14.8. The standard InChI is InChI=1S/C19H27N5O/c1-23-13-10-21-19(23)18-16(5-4-14-25-18)22-15-7-11-24(12-8-15)17-6-2-3-9-20-17/h2-3,6,9-10,13,15-16,18,22H,4-5,7-8,11-12,14H2,1H3/t16-,18-/m0/s1. The fourth-order valence-corrected chi connectivity index (χ4v) is 3.98. The number of ether oxygens (including phenoxy) is 1. The molecule has 0 aromatic carbocycles. The monoisotopic (exact) mass is 341 g/mol. The Morgan fingerprint density at radius 3 is 2.72 bits per heavy atom. The van der Waals surface area contributed by atoms with E-state index >= 15 is 0 Å². The van der Waals surface area contributed by atoms with Crippen molar-refractivity contribution in [1.82, 2.24) is 19.9 Å². The number of rotatable bonds is 4. The SMILES string of the molecule is Cn1ccnc1[C@H]1OCCC[C@@H]1NC1CCN(c2ccccn2)CC1. The van der Waals surface area contributed by atoms with Crippen LogP contribution in [0.3, 0.4) is 0 Å². The maximum atomic E-state index is 6.08. The lowest BCUT2D eigenvalue weighted by Crippen LogP contribution is -2.50. The smallest absolute Gasteiger partial charge is 0.139 e. The number of piperidine rings is 1. The Morgan fingerprint density at radius 2 is 2.00 bits per heavy atom. The first-order chi connectivity index (χ1) is 12.3. The third-order valence-electron chi connectivity index (χ3n) is 5.35. The first-order valence-electron chi connectivity index (χ1n) is 9.32. The topological polar surface area (TPSA) is 55.2 Å². The molecular weight excluding hydrogens is 314 g/mol. The van der Waals surface area contributed by atoms with Gasteiger partial charge in [0.05, 0.1) is 0 Å². The number of nitrogens with zero attached hydrogens (tertiary/aromatic N) is 4. The Kier molecular flexibility index (Phi) is 4.99. The molecule has 6 nitrogen and oxygen atoms in total. The van der Waals surface area contributed by atoms with Crippen LogP contribution in [-0.2, 0) is 11.8 Å². The molecule has 2 aromatic rings. The van der Waals surface area contributed by atoms with Crippen LogP contribution < -0.4 is 10.2 Å². The predicted molar refractivity (Wildman–Crippen MR) is 97.5 cm³/mol. The quantitative estimate of drug-likeness (QED) is 0.925. The van der Waals surface area contributed by atoms with E-state index in [0.29, 0.717) is 12.1 Å². The first-order valence-corrected chi connectivity index (χ1v) is 9.32. The van der Waals surface area contributed by atoms with E-state index in [1.807, 2.05) is 31.7 Å². The largest absolute Gasteiger partial charge is 0.369 e. The molecule has 1 N–H and O–H groups in total.